The van der Waals surface area contributed by atoms with E-state index in [1.807, 2.05) is 0 Å². The number of rotatable bonds is 6. The summed E-state index contributed by atoms with van der Waals surface area (Å²) in [5.41, 5.74) is 0. The number of nitrogens with one attached hydrogen (secondary N) is 1. The fourth-order valence-electron chi connectivity index (χ4n) is 2.20. The van der Waals surface area contributed by atoms with Crippen molar-refractivity contribution in [1.82, 2.24) is 5.32 Å². The predicted octanol–water partition coefficient (Wildman–Crippen LogP) is 1.69. The Morgan fingerprint density at radius 1 is 1.53 bits per heavy atom. The average Bonchev–Trinajstić information content (AvgIpc) is 2.26. The fourth-order valence-corrected chi connectivity index (χ4v) is 2.20. The lowest BCUT2D eigenvalue weighted by molar-refractivity contribution is -0.00185. The highest BCUT2D eigenvalue weighted by Gasteiger charge is 2.21. The third-order valence-electron chi connectivity index (χ3n) is 3.14. The number of hydrogen-bond acceptors (Lipinski definition) is 3. The minimum absolute atomic E-state index is 0.303. The molecule has 3 heteroatoms. The van der Waals surface area contributed by atoms with Gasteiger partial charge in [-0.05, 0) is 39.0 Å². The van der Waals surface area contributed by atoms with E-state index in [9.17, 15) is 0 Å². The summed E-state index contributed by atoms with van der Waals surface area (Å²) in [6, 6.07) is 1.12. The zero-order valence-corrected chi connectivity index (χ0v) is 10.0. The van der Waals surface area contributed by atoms with Crippen molar-refractivity contribution >= 4 is 0 Å². The minimum Gasteiger partial charge on any atom is -0.396 e. The van der Waals surface area contributed by atoms with E-state index in [1.54, 1.807) is 0 Å². The minimum atomic E-state index is 0.303. The van der Waals surface area contributed by atoms with E-state index >= 15 is 0 Å². The normalized spacial score (nSPS) is 29.0. The van der Waals surface area contributed by atoms with Gasteiger partial charge in [-0.15, -0.1) is 0 Å². The van der Waals surface area contributed by atoms with Crippen LogP contribution in [-0.2, 0) is 4.74 Å². The van der Waals surface area contributed by atoms with Gasteiger partial charge in [-0.25, -0.2) is 0 Å². The van der Waals surface area contributed by atoms with Crippen LogP contribution >= 0.6 is 0 Å². The van der Waals surface area contributed by atoms with Crippen molar-refractivity contribution in [2.75, 3.05) is 13.2 Å². The zero-order chi connectivity index (χ0) is 11.1. The van der Waals surface area contributed by atoms with Crippen molar-refractivity contribution in [3.05, 3.63) is 0 Å². The number of ether oxygens (including phenoxy) is 1. The van der Waals surface area contributed by atoms with Gasteiger partial charge in [0, 0.05) is 25.3 Å². The molecular formula is C12H25NO2. The van der Waals surface area contributed by atoms with Gasteiger partial charge >= 0.3 is 0 Å². The molecule has 3 unspecified atom stereocenters. The van der Waals surface area contributed by atoms with Crippen LogP contribution in [0.2, 0.25) is 0 Å². The molecule has 90 valence electrons. The third kappa shape index (κ3) is 4.96. The topological polar surface area (TPSA) is 41.5 Å². The molecule has 1 rings (SSSR count). The molecule has 0 spiro atoms. The van der Waals surface area contributed by atoms with Gasteiger partial charge in [0.25, 0.3) is 0 Å². The third-order valence-corrected chi connectivity index (χ3v) is 3.14. The summed E-state index contributed by atoms with van der Waals surface area (Å²) in [4.78, 5) is 0. The Morgan fingerprint density at radius 3 is 3.00 bits per heavy atom. The van der Waals surface area contributed by atoms with Crippen molar-refractivity contribution in [2.45, 2.75) is 64.1 Å². The second-order valence-electron chi connectivity index (χ2n) is 4.56. The Hall–Kier alpha value is -0.120. The van der Waals surface area contributed by atoms with E-state index in [1.165, 1.54) is 0 Å². The summed E-state index contributed by atoms with van der Waals surface area (Å²) in [5.74, 6) is 0. The largest absolute Gasteiger partial charge is 0.396 e. The Balaban J connectivity index is 2.19. The SMILES string of the molecule is CCC1CC(NC(C)CCCO)CCO1. The first-order valence-corrected chi connectivity index (χ1v) is 6.24. The fraction of sp³-hybridized carbons (Fsp3) is 1.00. The first-order chi connectivity index (χ1) is 7.26. The van der Waals surface area contributed by atoms with Crippen molar-refractivity contribution < 1.29 is 9.84 Å². The Morgan fingerprint density at radius 2 is 2.33 bits per heavy atom. The maximum Gasteiger partial charge on any atom is 0.0587 e. The van der Waals surface area contributed by atoms with Crippen LogP contribution in [0, 0.1) is 0 Å². The van der Waals surface area contributed by atoms with E-state index in [4.69, 9.17) is 9.84 Å². The van der Waals surface area contributed by atoms with Gasteiger partial charge in [0.2, 0.25) is 0 Å². The van der Waals surface area contributed by atoms with Crippen molar-refractivity contribution in [2.24, 2.45) is 0 Å². The van der Waals surface area contributed by atoms with Crippen molar-refractivity contribution in [3.63, 3.8) is 0 Å². The van der Waals surface area contributed by atoms with Gasteiger partial charge in [-0.1, -0.05) is 6.92 Å². The van der Waals surface area contributed by atoms with Crippen LogP contribution < -0.4 is 5.32 Å². The second kappa shape index (κ2) is 7.20. The molecule has 0 aromatic rings. The lowest BCUT2D eigenvalue weighted by atomic mass is 10.00. The Labute approximate surface area is 93.2 Å². The molecule has 2 N–H and O–H groups in total. The smallest absolute Gasteiger partial charge is 0.0587 e. The molecule has 0 amide bonds. The highest BCUT2D eigenvalue weighted by molar-refractivity contribution is 4.78. The summed E-state index contributed by atoms with van der Waals surface area (Å²) >= 11 is 0. The van der Waals surface area contributed by atoms with Gasteiger partial charge in [0.15, 0.2) is 0 Å². The molecule has 15 heavy (non-hydrogen) atoms. The molecule has 1 saturated heterocycles. The zero-order valence-electron chi connectivity index (χ0n) is 10.0. The Bertz CT molecular complexity index is 164. The standard InChI is InChI=1S/C12H25NO2/c1-3-12-9-11(6-8-15-12)13-10(2)5-4-7-14/h10-14H,3-9H2,1-2H3. The summed E-state index contributed by atoms with van der Waals surface area (Å²) in [6.45, 7) is 5.58. The highest BCUT2D eigenvalue weighted by Crippen LogP contribution is 2.17. The molecule has 1 aliphatic rings. The predicted molar refractivity (Wildman–Crippen MR) is 62.0 cm³/mol. The van der Waals surface area contributed by atoms with E-state index in [2.05, 4.69) is 19.2 Å². The van der Waals surface area contributed by atoms with E-state index in [0.717, 1.165) is 38.7 Å². The molecule has 1 heterocycles. The summed E-state index contributed by atoms with van der Waals surface area (Å²) in [6.07, 6.45) is 5.78. The monoisotopic (exact) mass is 215 g/mol. The molecule has 0 bridgehead atoms. The molecular weight excluding hydrogens is 190 g/mol. The van der Waals surface area contributed by atoms with Crippen LogP contribution in [0.1, 0.15) is 46.0 Å². The van der Waals surface area contributed by atoms with Crippen LogP contribution in [0.5, 0.6) is 0 Å². The van der Waals surface area contributed by atoms with Gasteiger partial charge < -0.3 is 15.2 Å². The first-order valence-electron chi connectivity index (χ1n) is 6.24. The van der Waals surface area contributed by atoms with Crippen LogP contribution in [0.3, 0.4) is 0 Å². The van der Waals surface area contributed by atoms with Gasteiger partial charge in [0.1, 0.15) is 0 Å². The van der Waals surface area contributed by atoms with Crippen LogP contribution in [0.25, 0.3) is 0 Å². The van der Waals surface area contributed by atoms with Crippen molar-refractivity contribution in [1.29, 1.82) is 0 Å². The van der Waals surface area contributed by atoms with Gasteiger partial charge in [-0.3, -0.25) is 0 Å². The second-order valence-corrected chi connectivity index (χ2v) is 4.56. The number of aliphatic hydroxyl groups is 1. The molecule has 0 saturated carbocycles. The molecule has 0 radical (unpaired) electrons. The number of hydrogen-bond donors (Lipinski definition) is 2. The molecule has 0 aromatic heterocycles. The van der Waals surface area contributed by atoms with E-state index in [-0.39, 0.29) is 0 Å². The summed E-state index contributed by atoms with van der Waals surface area (Å²) in [5, 5.41) is 12.4. The van der Waals surface area contributed by atoms with E-state index < -0.39 is 0 Å². The molecule has 3 nitrogen and oxygen atoms in total. The van der Waals surface area contributed by atoms with Crippen LogP contribution in [-0.4, -0.2) is 36.5 Å². The maximum atomic E-state index is 8.75. The molecule has 0 aromatic carbocycles. The molecule has 3 atom stereocenters. The Kier molecular flexibility index (Phi) is 6.22. The quantitative estimate of drug-likeness (QED) is 0.708. The lowest BCUT2D eigenvalue weighted by Crippen LogP contribution is -2.43. The number of aliphatic hydroxyl groups excluding tert-OH is 1. The van der Waals surface area contributed by atoms with Crippen LogP contribution in [0.4, 0.5) is 0 Å². The molecule has 0 aliphatic carbocycles. The summed E-state index contributed by atoms with van der Waals surface area (Å²) in [7, 11) is 0. The maximum absolute atomic E-state index is 8.75. The van der Waals surface area contributed by atoms with Crippen molar-refractivity contribution in [3.8, 4) is 0 Å². The lowest BCUT2D eigenvalue weighted by Gasteiger charge is -2.31. The molecule has 1 fully saturated rings. The molecule has 1 aliphatic heterocycles. The highest BCUT2D eigenvalue weighted by atomic mass is 16.5. The first kappa shape index (κ1) is 12.9. The van der Waals surface area contributed by atoms with E-state index in [0.29, 0.717) is 24.8 Å². The van der Waals surface area contributed by atoms with Crippen LogP contribution in [0.15, 0.2) is 0 Å². The summed E-state index contributed by atoms with van der Waals surface area (Å²) < 4.78 is 5.64. The average molecular weight is 215 g/mol. The van der Waals surface area contributed by atoms with Gasteiger partial charge in [-0.2, -0.15) is 0 Å². The van der Waals surface area contributed by atoms with Gasteiger partial charge in [0.05, 0.1) is 6.10 Å².